The minimum Gasteiger partial charge on any atom is -0.482 e. The van der Waals surface area contributed by atoms with Crippen LogP contribution in [0.15, 0.2) is 18.2 Å². The van der Waals surface area contributed by atoms with Gasteiger partial charge in [-0.1, -0.05) is 12.1 Å². The minimum atomic E-state index is -1.09. The standard InChI is InChI=1S/C15H20N2O5/c1-9-5-6-10(2)12(7-9)21-8-13(18)22-11(3)14(19)17-15(20)16-4/h5-7,11H,8H2,1-4H3,(H2,16,17,19,20)/t11-/m1/s1. The number of rotatable bonds is 5. The van der Waals surface area contributed by atoms with Crippen LogP contribution >= 0.6 is 0 Å². The van der Waals surface area contributed by atoms with Crippen LogP contribution in [-0.2, 0) is 14.3 Å². The van der Waals surface area contributed by atoms with Crippen molar-refractivity contribution in [2.75, 3.05) is 13.7 Å². The lowest BCUT2D eigenvalue weighted by atomic mass is 10.1. The number of aryl methyl sites for hydroxylation is 2. The quantitative estimate of drug-likeness (QED) is 0.794. The van der Waals surface area contributed by atoms with Crippen LogP contribution < -0.4 is 15.4 Å². The van der Waals surface area contributed by atoms with Crippen molar-refractivity contribution in [2.24, 2.45) is 0 Å². The highest BCUT2D eigenvalue weighted by Crippen LogP contribution is 2.18. The Morgan fingerprint density at radius 1 is 1.23 bits per heavy atom. The maximum Gasteiger partial charge on any atom is 0.344 e. The molecule has 0 aliphatic carbocycles. The highest BCUT2D eigenvalue weighted by molar-refractivity contribution is 5.97. The molecule has 7 heteroatoms. The summed E-state index contributed by atoms with van der Waals surface area (Å²) in [7, 11) is 1.37. The molecule has 2 N–H and O–H groups in total. The SMILES string of the molecule is CNC(=O)NC(=O)[C@@H](C)OC(=O)COc1cc(C)ccc1C. The van der Waals surface area contributed by atoms with Crippen LogP contribution in [0.4, 0.5) is 4.79 Å². The number of carbonyl (C=O) groups excluding carboxylic acids is 3. The lowest BCUT2D eigenvalue weighted by Gasteiger charge is -2.14. The van der Waals surface area contributed by atoms with Gasteiger partial charge in [0, 0.05) is 7.05 Å². The first-order chi connectivity index (χ1) is 10.3. The fourth-order valence-corrected chi connectivity index (χ4v) is 1.56. The van der Waals surface area contributed by atoms with Gasteiger partial charge < -0.3 is 14.8 Å². The Bertz CT molecular complexity index is 571. The molecule has 0 saturated carbocycles. The molecule has 7 nitrogen and oxygen atoms in total. The molecule has 0 spiro atoms. The molecule has 3 amide bonds. The van der Waals surface area contributed by atoms with E-state index in [1.807, 2.05) is 37.4 Å². The second kappa shape index (κ2) is 8.02. The predicted octanol–water partition coefficient (Wildman–Crippen LogP) is 1.07. The molecule has 0 unspecified atom stereocenters. The van der Waals surface area contributed by atoms with Crippen LogP contribution in [-0.4, -0.2) is 37.7 Å². The van der Waals surface area contributed by atoms with Crippen molar-refractivity contribution in [3.63, 3.8) is 0 Å². The zero-order valence-electron chi connectivity index (χ0n) is 13.1. The summed E-state index contributed by atoms with van der Waals surface area (Å²) in [5, 5.41) is 4.24. The van der Waals surface area contributed by atoms with Crippen molar-refractivity contribution in [3.05, 3.63) is 29.3 Å². The van der Waals surface area contributed by atoms with E-state index in [1.54, 1.807) is 0 Å². The Morgan fingerprint density at radius 2 is 1.91 bits per heavy atom. The third kappa shape index (κ3) is 5.43. The number of imide groups is 1. The number of hydrogen-bond acceptors (Lipinski definition) is 5. The number of urea groups is 1. The van der Waals surface area contributed by atoms with Gasteiger partial charge in [-0.2, -0.15) is 0 Å². The summed E-state index contributed by atoms with van der Waals surface area (Å²) in [6, 6.07) is 4.96. The summed E-state index contributed by atoms with van der Waals surface area (Å²) in [5.41, 5.74) is 1.90. The second-order valence-corrected chi connectivity index (χ2v) is 4.76. The van der Waals surface area contributed by atoms with Gasteiger partial charge in [-0.15, -0.1) is 0 Å². The average molecular weight is 308 g/mol. The summed E-state index contributed by atoms with van der Waals surface area (Å²) in [6.07, 6.45) is -1.09. The molecule has 22 heavy (non-hydrogen) atoms. The van der Waals surface area contributed by atoms with E-state index in [-0.39, 0.29) is 6.61 Å². The van der Waals surface area contributed by atoms with Gasteiger partial charge in [0.2, 0.25) is 0 Å². The largest absolute Gasteiger partial charge is 0.482 e. The molecule has 0 aromatic heterocycles. The molecular weight excluding hydrogens is 288 g/mol. The number of ether oxygens (including phenoxy) is 2. The van der Waals surface area contributed by atoms with Gasteiger partial charge in [-0.3, -0.25) is 10.1 Å². The number of amides is 3. The van der Waals surface area contributed by atoms with Crippen molar-refractivity contribution in [1.82, 2.24) is 10.6 Å². The van der Waals surface area contributed by atoms with Gasteiger partial charge in [0.1, 0.15) is 5.75 Å². The number of hydrogen-bond donors (Lipinski definition) is 2. The van der Waals surface area contributed by atoms with E-state index in [1.165, 1.54) is 14.0 Å². The molecule has 1 aromatic rings. The molecule has 0 aliphatic heterocycles. The number of carbonyl (C=O) groups is 3. The third-order valence-corrected chi connectivity index (χ3v) is 2.83. The summed E-state index contributed by atoms with van der Waals surface area (Å²) in [6.45, 7) is 4.82. The van der Waals surface area contributed by atoms with Crippen LogP contribution in [0.3, 0.4) is 0 Å². The summed E-state index contributed by atoms with van der Waals surface area (Å²) < 4.78 is 10.3. The molecule has 1 atom stereocenters. The smallest absolute Gasteiger partial charge is 0.344 e. The van der Waals surface area contributed by atoms with Gasteiger partial charge in [0.25, 0.3) is 5.91 Å². The van der Waals surface area contributed by atoms with Gasteiger partial charge in [-0.25, -0.2) is 9.59 Å². The highest BCUT2D eigenvalue weighted by atomic mass is 16.6. The van der Waals surface area contributed by atoms with Gasteiger partial charge >= 0.3 is 12.0 Å². The minimum absolute atomic E-state index is 0.318. The summed E-state index contributed by atoms with van der Waals surface area (Å²) in [5.74, 6) is -0.820. The number of esters is 1. The van der Waals surface area contributed by atoms with Crippen molar-refractivity contribution < 1.29 is 23.9 Å². The fourth-order valence-electron chi connectivity index (χ4n) is 1.56. The van der Waals surface area contributed by atoms with Crippen molar-refractivity contribution in [3.8, 4) is 5.75 Å². The summed E-state index contributed by atoms with van der Waals surface area (Å²) in [4.78, 5) is 34.2. The van der Waals surface area contributed by atoms with Crippen molar-refractivity contribution >= 4 is 17.9 Å². The zero-order valence-corrected chi connectivity index (χ0v) is 13.1. The molecule has 0 bridgehead atoms. The molecule has 0 radical (unpaired) electrons. The summed E-state index contributed by atoms with van der Waals surface area (Å²) >= 11 is 0. The maximum absolute atomic E-state index is 11.7. The van der Waals surface area contributed by atoms with E-state index < -0.39 is 24.0 Å². The Balaban J connectivity index is 2.47. The molecule has 1 aromatic carbocycles. The molecule has 1 rings (SSSR count). The lowest BCUT2D eigenvalue weighted by Crippen LogP contribution is -2.43. The Kier molecular flexibility index (Phi) is 6.37. The van der Waals surface area contributed by atoms with Crippen LogP contribution in [0.2, 0.25) is 0 Å². The van der Waals surface area contributed by atoms with E-state index in [4.69, 9.17) is 9.47 Å². The van der Waals surface area contributed by atoms with E-state index in [0.29, 0.717) is 5.75 Å². The van der Waals surface area contributed by atoms with E-state index in [0.717, 1.165) is 11.1 Å². The molecule has 0 fully saturated rings. The maximum atomic E-state index is 11.7. The highest BCUT2D eigenvalue weighted by Gasteiger charge is 2.19. The van der Waals surface area contributed by atoms with Crippen molar-refractivity contribution in [2.45, 2.75) is 26.9 Å². The van der Waals surface area contributed by atoms with Gasteiger partial charge in [-0.05, 0) is 38.0 Å². The van der Waals surface area contributed by atoms with Crippen LogP contribution in [0.1, 0.15) is 18.1 Å². The average Bonchev–Trinajstić information content (AvgIpc) is 2.47. The Morgan fingerprint density at radius 3 is 2.55 bits per heavy atom. The first-order valence-electron chi connectivity index (χ1n) is 6.75. The zero-order chi connectivity index (χ0) is 16.7. The fraction of sp³-hybridized carbons (Fsp3) is 0.400. The predicted molar refractivity (Wildman–Crippen MR) is 79.6 cm³/mol. The van der Waals surface area contributed by atoms with Crippen LogP contribution in [0, 0.1) is 13.8 Å². The van der Waals surface area contributed by atoms with Gasteiger partial charge in [0.15, 0.2) is 12.7 Å². The first-order valence-corrected chi connectivity index (χ1v) is 6.75. The third-order valence-electron chi connectivity index (χ3n) is 2.83. The van der Waals surface area contributed by atoms with E-state index in [2.05, 4.69) is 5.32 Å². The molecule has 0 aliphatic rings. The van der Waals surface area contributed by atoms with Crippen LogP contribution in [0.25, 0.3) is 0 Å². The first kappa shape index (κ1) is 17.5. The van der Waals surface area contributed by atoms with Crippen molar-refractivity contribution in [1.29, 1.82) is 0 Å². The topological polar surface area (TPSA) is 93.7 Å². The Hall–Kier alpha value is -2.57. The molecule has 0 heterocycles. The number of benzene rings is 1. The number of nitrogens with one attached hydrogen (secondary N) is 2. The molecule has 120 valence electrons. The van der Waals surface area contributed by atoms with E-state index in [9.17, 15) is 14.4 Å². The second-order valence-electron chi connectivity index (χ2n) is 4.76. The monoisotopic (exact) mass is 308 g/mol. The van der Waals surface area contributed by atoms with Gasteiger partial charge in [0.05, 0.1) is 0 Å². The normalized spacial score (nSPS) is 11.3. The Labute approximate surface area is 129 Å². The lowest BCUT2D eigenvalue weighted by molar-refractivity contribution is -0.156. The van der Waals surface area contributed by atoms with E-state index >= 15 is 0 Å². The molecular formula is C15H20N2O5. The van der Waals surface area contributed by atoms with Crippen LogP contribution in [0.5, 0.6) is 5.75 Å². The molecule has 0 saturated heterocycles.